The van der Waals surface area contributed by atoms with Crippen LogP contribution in [0, 0.1) is 0 Å². The van der Waals surface area contributed by atoms with Crippen molar-refractivity contribution in [1.82, 2.24) is 10.2 Å². The average molecular weight is 318 g/mol. The molecule has 7 heteroatoms. The second kappa shape index (κ2) is 6.37. The number of carbonyl (C=O) groups excluding carboxylic acids is 3. The topological polar surface area (TPSA) is 80.2 Å². The number of urea groups is 1. The predicted molar refractivity (Wildman–Crippen MR) is 80.6 cm³/mol. The first kappa shape index (κ1) is 15.5. The minimum absolute atomic E-state index is 0.0987. The molecule has 0 aliphatic carbocycles. The summed E-state index contributed by atoms with van der Waals surface area (Å²) in [5.74, 6) is -0.587. The number of nitrogens with zero attached hydrogens (tertiary/aromatic N) is 1. The van der Waals surface area contributed by atoms with Gasteiger partial charge in [0.2, 0.25) is 0 Å². The van der Waals surface area contributed by atoms with Crippen molar-refractivity contribution in [3.8, 4) is 0 Å². The zero-order chi connectivity index (χ0) is 16.4. The van der Waals surface area contributed by atoms with Crippen molar-refractivity contribution in [1.29, 1.82) is 0 Å². The average Bonchev–Trinajstić information content (AvgIpc) is 2.99. The quantitative estimate of drug-likeness (QED) is 0.681. The van der Waals surface area contributed by atoms with Crippen LogP contribution in [0.4, 0.5) is 4.79 Å². The number of esters is 1. The second-order valence-electron chi connectivity index (χ2n) is 5.84. The van der Waals surface area contributed by atoms with E-state index >= 15 is 0 Å². The smallest absolute Gasteiger partial charge is 0.365 e. The maximum atomic E-state index is 12.4. The van der Waals surface area contributed by atoms with Crippen LogP contribution in [0.25, 0.3) is 0 Å². The number of hydrogen-bond donors (Lipinski definition) is 2. The Morgan fingerprint density at radius 1 is 1.35 bits per heavy atom. The van der Waals surface area contributed by atoms with Crippen molar-refractivity contribution >= 4 is 17.9 Å². The van der Waals surface area contributed by atoms with Crippen LogP contribution in [0.5, 0.6) is 0 Å². The van der Waals surface area contributed by atoms with E-state index in [9.17, 15) is 14.4 Å². The molecule has 1 unspecified atom stereocenters. The Hall–Kier alpha value is -2.41. The highest BCUT2D eigenvalue weighted by Crippen LogP contribution is 2.14. The van der Waals surface area contributed by atoms with Crippen LogP contribution in [0.2, 0.25) is 0 Å². The number of hydrogen-bond acceptors (Lipinski definition) is 4. The van der Waals surface area contributed by atoms with E-state index in [1.807, 2.05) is 24.3 Å². The van der Waals surface area contributed by atoms with Gasteiger partial charge in [0.1, 0.15) is 6.54 Å². The molecule has 0 saturated carbocycles. The Labute approximate surface area is 134 Å². The molecule has 1 aromatic rings. The summed E-state index contributed by atoms with van der Waals surface area (Å²) in [7, 11) is 1.36. The molecule has 2 aliphatic heterocycles. The summed E-state index contributed by atoms with van der Waals surface area (Å²) in [5.41, 5.74) is 2.24. The van der Waals surface area contributed by atoms with E-state index in [-0.39, 0.29) is 24.5 Å². The number of carbonyl (C=O) groups is 3. The summed E-state index contributed by atoms with van der Waals surface area (Å²) >= 11 is 0. The van der Waals surface area contributed by atoms with E-state index in [4.69, 9.17) is 4.74 Å². The van der Waals surface area contributed by atoms with Gasteiger partial charge in [0.05, 0.1) is 7.11 Å². The molecule has 0 bridgehead atoms. The van der Waals surface area contributed by atoms with Crippen molar-refractivity contribution in [3.63, 3.8) is 0 Å². The van der Waals surface area contributed by atoms with Crippen LogP contribution in [0.15, 0.2) is 24.3 Å². The van der Waals surface area contributed by atoms with Crippen LogP contribution in [-0.4, -0.2) is 55.6 Å². The number of benzene rings is 1. The van der Waals surface area contributed by atoms with Gasteiger partial charge in [0, 0.05) is 25.1 Å². The number of rotatable bonds is 3. The molecular formula is C16H20N3O4+. The zero-order valence-corrected chi connectivity index (χ0v) is 13.0. The van der Waals surface area contributed by atoms with Crippen molar-refractivity contribution in [2.45, 2.75) is 19.0 Å². The van der Waals surface area contributed by atoms with E-state index in [0.717, 1.165) is 16.0 Å². The number of ether oxygens (including phenoxy) is 1. The SMILES string of the molecule is COC(=O)[C@@H]1Cc2ccccc2C[NH+]1CC(=O)N1CCNC1=O. The fraction of sp³-hybridized carbons (Fsp3) is 0.438. The summed E-state index contributed by atoms with van der Waals surface area (Å²) < 4.78 is 4.90. The zero-order valence-electron chi connectivity index (χ0n) is 13.0. The summed E-state index contributed by atoms with van der Waals surface area (Å²) in [5, 5.41) is 2.61. The van der Waals surface area contributed by atoms with E-state index in [1.54, 1.807) is 0 Å². The normalized spacial score (nSPS) is 23.2. The molecule has 1 fully saturated rings. The highest BCUT2D eigenvalue weighted by molar-refractivity contribution is 5.96. The van der Waals surface area contributed by atoms with Crippen LogP contribution in [0.1, 0.15) is 11.1 Å². The van der Waals surface area contributed by atoms with Gasteiger partial charge in [-0.05, 0) is 5.56 Å². The molecule has 1 saturated heterocycles. The third kappa shape index (κ3) is 3.05. The van der Waals surface area contributed by atoms with Crippen LogP contribution < -0.4 is 10.2 Å². The van der Waals surface area contributed by atoms with Gasteiger partial charge in [-0.15, -0.1) is 0 Å². The molecule has 0 radical (unpaired) electrons. The first-order valence-electron chi connectivity index (χ1n) is 7.67. The summed E-state index contributed by atoms with van der Waals surface area (Å²) in [6, 6.07) is 7.11. The molecule has 3 amide bonds. The number of imide groups is 1. The van der Waals surface area contributed by atoms with Crippen molar-refractivity contribution < 1.29 is 24.0 Å². The predicted octanol–water partition coefficient (Wildman–Crippen LogP) is -1.28. The van der Waals surface area contributed by atoms with Crippen molar-refractivity contribution in [2.75, 3.05) is 26.7 Å². The lowest BCUT2D eigenvalue weighted by atomic mass is 9.94. The summed E-state index contributed by atoms with van der Waals surface area (Å²) in [6.45, 7) is 1.52. The first-order chi connectivity index (χ1) is 11.1. The molecule has 7 nitrogen and oxygen atoms in total. The lowest BCUT2D eigenvalue weighted by molar-refractivity contribution is -0.925. The Balaban J connectivity index is 1.79. The Kier molecular flexibility index (Phi) is 4.29. The van der Waals surface area contributed by atoms with Gasteiger partial charge in [-0.25, -0.2) is 9.59 Å². The van der Waals surface area contributed by atoms with Gasteiger partial charge in [-0.3, -0.25) is 9.69 Å². The van der Waals surface area contributed by atoms with E-state index < -0.39 is 6.04 Å². The Bertz CT molecular complexity index is 646. The van der Waals surface area contributed by atoms with E-state index in [2.05, 4.69) is 5.32 Å². The number of nitrogens with one attached hydrogen (secondary N) is 2. The molecule has 0 aromatic heterocycles. The van der Waals surface area contributed by atoms with Crippen LogP contribution >= 0.6 is 0 Å². The van der Waals surface area contributed by atoms with Gasteiger partial charge in [-0.2, -0.15) is 0 Å². The molecule has 23 heavy (non-hydrogen) atoms. The standard InChI is InChI=1S/C16H19N3O4/c1-23-15(21)13-8-11-4-2-3-5-12(11)9-18(13)10-14(20)19-7-6-17-16(19)22/h2-5,13H,6-10H2,1H3,(H,17,22)/p+1/t13-/m0/s1. The third-order valence-electron chi connectivity index (χ3n) is 4.47. The molecular weight excluding hydrogens is 298 g/mol. The van der Waals surface area contributed by atoms with Crippen LogP contribution in [0.3, 0.4) is 0 Å². The fourth-order valence-electron chi connectivity index (χ4n) is 3.24. The largest absolute Gasteiger partial charge is 0.465 e. The lowest BCUT2D eigenvalue weighted by Gasteiger charge is -2.32. The van der Waals surface area contributed by atoms with Gasteiger partial charge in [0.25, 0.3) is 5.91 Å². The lowest BCUT2D eigenvalue weighted by Crippen LogP contribution is -3.17. The molecule has 2 heterocycles. The summed E-state index contributed by atoms with van der Waals surface area (Å²) in [4.78, 5) is 38.1. The maximum absolute atomic E-state index is 12.4. The highest BCUT2D eigenvalue weighted by Gasteiger charge is 2.39. The minimum Gasteiger partial charge on any atom is -0.465 e. The van der Waals surface area contributed by atoms with Gasteiger partial charge in [-0.1, -0.05) is 24.3 Å². The number of amides is 3. The minimum atomic E-state index is -0.426. The maximum Gasteiger partial charge on any atom is 0.365 e. The number of fused-ring (bicyclic) bond motifs is 1. The first-order valence-corrected chi connectivity index (χ1v) is 7.67. The highest BCUT2D eigenvalue weighted by atomic mass is 16.5. The van der Waals surface area contributed by atoms with Crippen molar-refractivity contribution in [3.05, 3.63) is 35.4 Å². The third-order valence-corrected chi connectivity index (χ3v) is 4.47. The second-order valence-corrected chi connectivity index (χ2v) is 5.84. The number of quaternary nitrogens is 1. The molecule has 2 N–H and O–H groups in total. The van der Waals surface area contributed by atoms with Gasteiger partial charge >= 0.3 is 12.0 Å². The van der Waals surface area contributed by atoms with Gasteiger partial charge < -0.3 is 15.0 Å². The number of methoxy groups -OCH3 is 1. The molecule has 2 atom stereocenters. The molecule has 2 aliphatic rings. The Morgan fingerprint density at radius 2 is 2.09 bits per heavy atom. The van der Waals surface area contributed by atoms with Crippen molar-refractivity contribution in [2.24, 2.45) is 0 Å². The van der Waals surface area contributed by atoms with E-state index in [1.165, 1.54) is 12.0 Å². The summed E-state index contributed by atoms with van der Waals surface area (Å²) in [6.07, 6.45) is 0.539. The van der Waals surface area contributed by atoms with E-state index in [0.29, 0.717) is 26.1 Å². The van der Waals surface area contributed by atoms with Crippen LogP contribution in [-0.2, 0) is 27.3 Å². The monoisotopic (exact) mass is 318 g/mol. The fourth-order valence-corrected chi connectivity index (χ4v) is 3.24. The Morgan fingerprint density at radius 3 is 2.74 bits per heavy atom. The molecule has 0 spiro atoms. The molecule has 122 valence electrons. The molecule has 3 rings (SSSR count). The molecule has 1 aromatic carbocycles. The van der Waals surface area contributed by atoms with Gasteiger partial charge in [0.15, 0.2) is 12.6 Å².